The van der Waals surface area contributed by atoms with Crippen LogP contribution >= 0.6 is 0 Å². The molecule has 0 spiro atoms. The van der Waals surface area contributed by atoms with Crippen molar-refractivity contribution in [3.63, 3.8) is 0 Å². The van der Waals surface area contributed by atoms with Gasteiger partial charge in [-0.05, 0) is 62.6 Å². The molecule has 0 atom stereocenters. The Labute approximate surface area is 108 Å². The minimum atomic E-state index is 0.102. The Bertz CT molecular complexity index is 586. The van der Waals surface area contributed by atoms with E-state index in [9.17, 15) is 4.79 Å². The van der Waals surface area contributed by atoms with Crippen LogP contribution in [0.15, 0.2) is 36.4 Å². The maximum atomic E-state index is 12.4. The quantitative estimate of drug-likeness (QED) is 0.718. The van der Waals surface area contributed by atoms with E-state index in [2.05, 4.69) is 20.8 Å². The van der Waals surface area contributed by atoms with Crippen LogP contribution in [0.5, 0.6) is 0 Å². The SMILES string of the molecule is Cc1cccc(C(=O)c2cc(C)c(C)c(C)c2)c1. The molecule has 0 aliphatic heterocycles. The van der Waals surface area contributed by atoms with Crippen molar-refractivity contribution in [2.24, 2.45) is 0 Å². The normalized spacial score (nSPS) is 10.4. The van der Waals surface area contributed by atoms with Gasteiger partial charge in [0.2, 0.25) is 0 Å². The maximum absolute atomic E-state index is 12.4. The molecule has 0 N–H and O–H groups in total. The number of carbonyl (C=O) groups excluding carboxylic acids is 1. The van der Waals surface area contributed by atoms with E-state index in [1.807, 2.05) is 43.3 Å². The predicted octanol–water partition coefficient (Wildman–Crippen LogP) is 4.15. The van der Waals surface area contributed by atoms with Gasteiger partial charge in [-0.1, -0.05) is 23.8 Å². The number of hydrogen-bond acceptors (Lipinski definition) is 1. The molecule has 1 nitrogen and oxygen atoms in total. The number of hydrogen-bond donors (Lipinski definition) is 0. The van der Waals surface area contributed by atoms with Gasteiger partial charge in [0.15, 0.2) is 5.78 Å². The Kier molecular flexibility index (Phi) is 3.33. The molecule has 0 heterocycles. The topological polar surface area (TPSA) is 17.1 Å². The Balaban J connectivity index is 2.47. The molecule has 2 rings (SSSR count). The Morgan fingerprint density at radius 3 is 2.00 bits per heavy atom. The van der Waals surface area contributed by atoms with Gasteiger partial charge in [-0.2, -0.15) is 0 Å². The molecule has 0 unspecified atom stereocenters. The van der Waals surface area contributed by atoms with E-state index in [1.54, 1.807) is 0 Å². The first-order chi connectivity index (χ1) is 8.49. The van der Waals surface area contributed by atoms with Crippen molar-refractivity contribution in [2.45, 2.75) is 27.7 Å². The molecule has 2 aromatic carbocycles. The van der Waals surface area contributed by atoms with Crippen molar-refractivity contribution in [2.75, 3.05) is 0 Å². The summed E-state index contributed by atoms with van der Waals surface area (Å²) >= 11 is 0. The van der Waals surface area contributed by atoms with Crippen molar-refractivity contribution >= 4 is 5.78 Å². The molecular weight excluding hydrogens is 220 g/mol. The lowest BCUT2D eigenvalue weighted by Gasteiger charge is -2.09. The minimum Gasteiger partial charge on any atom is -0.289 e. The molecule has 0 bridgehead atoms. The lowest BCUT2D eigenvalue weighted by Crippen LogP contribution is -2.03. The van der Waals surface area contributed by atoms with E-state index in [4.69, 9.17) is 0 Å². The van der Waals surface area contributed by atoms with Crippen LogP contribution in [0.3, 0.4) is 0 Å². The molecule has 0 radical (unpaired) electrons. The van der Waals surface area contributed by atoms with E-state index in [0.717, 1.165) is 16.7 Å². The third-order valence-electron chi connectivity index (χ3n) is 3.47. The third kappa shape index (κ3) is 2.35. The Hall–Kier alpha value is -1.89. The van der Waals surface area contributed by atoms with Gasteiger partial charge in [0.1, 0.15) is 0 Å². The zero-order valence-corrected chi connectivity index (χ0v) is 11.4. The first kappa shape index (κ1) is 12.6. The fourth-order valence-corrected chi connectivity index (χ4v) is 2.12. The highest BCUT2D eigenvalue weighted by Crippen LogP contribution is 2.18. The third-order valence-corrected chi connectivity index (χ3v) is 3.47. The van der Waals surface area contributed by atoms with Gasteiger partial charge < -0.3 is 0 Å². The fourth-order valence-electron chi connectivity index (χ4n) is 2.12. The highest BCUT2D eigenvalue weighted by molar-refractivity contribution is 6.09. The number of benzene rings is 2. The van der Waals surface area contributed by atoms with Gasteiger partial charge in [0.05, 0.1) is 0 Å². The lowest BCUT2D eigenvalue weighted by atomic mass is 9.95. The Morgan fingerprint density at radius 1 is 0.833 bits per heavy atom. The van der Waals surface area contributed by atoms with E-state index >= 15 is 0 Å². The zero-order chi connectivity index (χ0) is 13.3. The monoisotopic (exact) mass is 238 g/mol. The molecule has 0 fully saturated rings. The van der Waals surface area contributed by atoms with Crippen LogP contribution in [-0.4, -0.2) is 5.78 Å². The average Bonchev–Trinajstić information content (AvgIpc) is 2.34. The summed E-state index contributed by atoms with van der Waals surface area (Å²) in [5, 5.41) is 0. The van der Waals surface area contributed by atoms with Gasteiger partial charge in [0, 0.05) is 11.1 Å². The average molecular weight is 238 g/mol. The molecule has 0 aliphatic rings. The van der Waals surface area contributed by atoms with E-state index in [-0.39, 0.29) is 5.78 Å². The van der Waals surface area contributed by atoms with Gasteiger partial charge >= 0.3 is 0 Å². The second kappa shape index (κ2) is 4.77. The first-order valence-electron chi connectivity index (χ1n) is 6.18. The van der Waals surface area contributed by atoms with Gasteiger partial charge in [-0.25, -0.2) is 0 Å². The maximum Gasteiger partial charge on any atom is 0.193 e. The smallest absolute Gasteiger partial charge is 0.193 e. The predicted molar refractivity (Wildman–Crippen MR) is 75.3 cm³/mol. The number of carbonyl (C=O) groups is 1. The summed E-state index contributed by atoms with van der Waals surface area (Å²) in [6, 6.07) is 11.7. The van der Waals surface area contributed by atoms with Crippen molar-refractivity contribution in [1.82, 2.24) is 0 Å². The van der Waals surface area contributed by atoms with Crippen LogP contribution in [0.4, 0.5) is 0 Å². The molecule has 18 heavy (non-hydrogen) atoms. The van der Waals surface area contributed by atoms with Crippen LogP contribution < -0.4 is 0 Å². The highest BCUT2D eigenvalue weighted by atomic mass is 16.1. The summed E-state index contributed by atoms with van der Waals surface area (Å²) in [5.74, 6) is 0.102. The summed E-state index contributed by atoms with van der Waals surface area (Å²) in [5.41, 5.74) is 6.26. The van der Waals surface area contributed by atoms with Crippen LogP contribution in [0.2, 0.25) is 0 Å². The minimum absolute atomic E-state index is 0.102. The summed E-state index contributed by atoms with van der Waals surface area (Å²) < 4.78 is 0. The van der Waals surface area contributed by atoms with Crippen molar-refractivity contribution in [3.8, 4) is 0 Å². The van der Waals surface area contributed by atoms with Crippen molar-refractivity contribution < 1.29 is 4.79 Å². The van der Waals surface area contributed by atoms with Crippen LogP contribution in [0.25, 0.3) is 0 Å². The van der Waals surface area contributed by atoms with Crippen molar-refractivity contribution in [1.29, 1.82) is 0 Å². The van der Waals surface area contributed by atoms with Gasteiger partial charge in [0.25, 0.3) is 0 Å². The molecule has 0 amide bonds. The second-order valence-corrected chi connectivity index (χ2v) is 4.93. The number of rotatable bonds is 2. The molecule has 0 saturated carbocycles. The summed E-state index contributed by atoms with van der Waals surface area (Å²) in [6.07, 6.45) is 0. The zero-order valence-electron chi connectivity index (χ0n) is 11.4. The molecule has 0 saturated heterocycles. The van der Waals surface area contributed by atoms with E-state index in [0.29, 0.717) is 0 Å². The molecular formula is C17H18O. The fraction of sp³-hybridized carbons (Fsp3) is 0.235. The number of ketones is 1. The standard InChI is InChI=1S/C17H18O/c1-11-6-5-7-15(8-11)17(18)16-9-12(2)14(4)13(3)10-16/h5-10H,1-4H3. The van der Waals surface area contributed by atoms with Gasteiger partial charge in [-0.15, -0.1) is 0 Å². The summed E-state index contributed by atoms with van der Waals surface area (Å²) in [4.78, 5) is 12.4. The van der Waals surface area contributed by atoms with Crippen LogP contribution in [0, 0.1) is 27.7 Å². The molecule has 0 aromatic heterocycles. The van der Waals surface area contributed by atoms with Crippen molar-refractivity contribution in [3.05, 3.63) is 69.8 Å². The molecule has 92 valence electrons. The molecule has 2 aromatic rings. The van der Waals surface area contributed by atoms with E-state index < -0.39 is 0 Å². The van der Waals surface area contributed by atoms with Crippen LogP contribution in [-0.2, 0) is 0 Å². The van der Waals surface area contributed by atoms with Gasteiger partial charge in [-0.3, -0.25) is 4.79 Å². The van der Waals surface area contributed by atoms with E-state index in [1.165, 1.54) is 16.7 Å². The Morgan fingerprint density at radius 2 is 1.44 bits per heavy atom. The largest absolute Gasteiger partial charge is 0.289 e. The highest BCUT2D eigenvalue weighted by Gasteiger charge is 2.11. The summed E-state index contributed by atoms with van der Waals surface area (Å²) in [7, 11) is 0. The molecule has 1 heteroatoms. The second-order valence-electron chi connectivity index (χ2n) is 4.93. The lowest BCUT2D eigenvalue weighted by molar-refractivity contribution is 0.103. The summed E-state index contributed by atoms with van der Waals surface area (Å²) in [6.45, 7) is 8.19. The number of aryl methyl sites for hydroxylation is 3. The van der Waals surface area contributed by atoms with Crippen LogP contribution in [0.1, 0.15) is 38.2 Å². The molecule has 0 aliphatic carbocycles. The first-order valence-corrected chi connectivity index (χ1v) is 6.18.